The lowest BCUT2D eigenvalue weighted by Gasteiger charge is -2.02. The molecule has 0 amide bonds. The molecule has 0 aliphatic carbocycles. The zero-order valence-electron chi connectivity index (χ0n) is 9.45. The largest absolute Gasteiger partial charge is 0.496 e. The molecule has 1 rings (SSSR count). The standard InChI is InChI=1S/C11H18O3S/c1-4-8(12)11-7-9(14-3)10(15-11)5-6-13-2/h7-8,12H,4-6H2,1-3H3. The summed E-state index contributed by atoms with van der Waals surface area (Å²) in [5.74, 6) is 0.861. The van der Waals surface area contributed by atoms with Crippen molar-refractivity contribution in [1.82, 2.24) is 0 Å². The second-order valence-electron chi connectivity index (χ2n) is 3.31. The summed E-state index contributed by atoms with van der Waals surface area (Å²) in [5.41, 5.74) is 0. The van der Waals surface area contributed by atoms with E-state index >= 15 is 0 Å². The van der Waals surface area contributed by atoms with Gasteiger partial charge in [0.25, 0.3) is 0 Å². The lowest BCUT2D eigenvalue weighted by atomic mass is 10.2. The maximum atomic E-state index is 9.71. The zero-order chi connectivity index (χ0) is 11.3. The van der Waals surface area contributed by atoms with Gasteiger partial charge in [0.15, 0.2) is 0 Å². The Labute approximate surface area is 94.6 Å². The molecule has 0 spiro atoms. The molecule has 3 nitrogen and oxygen atoms in total. The summed E-state index contributed by atoms with van der Waals surface area (Å²) in [4.78, 5) is 2.11. The molecule has 0 aliphatic rings. The van der Waals surface area contributed by atoms with E-state index < -0.39 is 0 Å². The van der Waals surface area contributed by atoms with Crippen LogP contribution in [0.3, 0.4) is 0 Å². The molecule has 0 radical (unpaired) electrons. The fourth-order valence-electron chi connectivity index (χ4n) is 1.34. The Morgan fingerprint density at radius 2 is 2.20 bits per heavy atom. The number of rotatable bonds is 6. The van der Waals surface area contributed by atoms with Gasteiger partial charge in [-0.15, -0.1) is 11.3 Å². The molecule has 1 aromatic rings. The monoisotopic (exact) mass is 230 g/mol. The molecule has 1 N–H and O–H groups in total. The molecule has 1 aromatic heterocycles. The molecular weight excluding hydrogens is 212 g/mol. The van der Waals surface area contributed by atoms with Crippen LogP contribution in [0.15, 0.2) is 6.07 Å². The molecule has 0 aromatic carbocycles. The number of hydrogen-bond donors (Lipinski definition) is 1. The van der Waals surface area contributed by atoms with Crippen molar-refractivity contribution >= 4 is 11.3 Å². The van der Waals surface area contributed by atoms with E-state index in [9.17, 15) is 5.11 Å². The first-order valence-corrected chi connectivity index (χ1v) is 5.88. The molecule has 1 atom stereocenters. The van der Waals surface area contributed by atoms with E-state index in [0.29, 0.717) is 6.61 Å². The van der Waals surface area contributed by atoms with Crippen LogP contribution in [-0.4, -0.2) is 25.9 Å². The normalized spacial score (nSPS) is 12.8. The first kappa shape index (κ1) is 12.5. The zero-order valence-corrected chi connectivity index (χ0v) is 10.3. The van der Waals surface area contributed by atoms with E-state index in [4.69, 9.17) is 9.47 Å². The van der Waals surface area contributed by atoms with Crippen LogP contribution < -0.4 is 4.74 Å². The summed E-state index contributed by atoms with van der Waals surface area (Å²) in [6.45, 7) is 2.64. The Kier molecular flexibility index (Phi) is 5.08. The maximum absolute atomic E-state index is 9.71. The number of aliphatic hydroxyl groups is 1. The Morgan fingerprint density at radius 1 is 1.47 bits per heavy atom. The van der Waals surface area contributed by atoms with Crippen molar-refractivity contribution in [2.75, 3.05) is 20.8 Å². The molecule has 0 saturated carbocycles. The lowest BCUT2D eigenvalue weighted by molar-refractivity contribution is 0.177. The number of methoxy groups -OCH3 is 2. The number of ether oxygens (including phenoxy) is 2. The van der Waals surface area contributed by atoms with Gasteiger partial charge < -0.3 is 14.6 Å². The average molecular weight is 230 g/mol. The Morgan fingerprint density at radius 3 is 2.73 bits per heavy atom. The highest BCUT2D eigenvalue weighted by molar-refractivity contribution is 7.12. The Balaban J connectivity index is 2.80. The summed E-state index contributed by atoms with van der Waals surface area (Å²) in [7, 11) is 3.34. The van der Waals surface area contributed by atoms with Crippen LogP contribution >= 0.6 is 11.3 Å². The molecule has 0 bridgehead atoms. The molecule has 1 heterocycles. The minimum atomic E-state index is -0.375. The second-order valence-corrected chi connectivity index (χ2v) is 4.48. The van der Waals surface area contributed by atoms with Crippen LogP contribution in [0, 0.1) is 0 Å². The van der Waals surface area contributed by atoms with Crippen molar-refractivity contribution in [2.45, 2.75) is 25.9 Å². The highest BCUT2D eigenvalue weighted by atomic mass is 32.1. The van der Waals surface area contributed by atoms with E-state index in [1.165, 1.54) is 0 Å². The first-order valence-electron chi connectivity index (χ1n) is 5.06. The molecule has 0 fully saturated rings. The summed E-state index contributed by atoms with van der Waals surface area (Å²) in [6.07, 6.45) is 1.19. The maximum Gasteiger partial charge on any atom is 0.133 e. The van der Waals surface area contributed by atoms with E-state index in [2.05, 4.69) is 0 Å². The van der Waals surface area contributed by atoms with Gasteiger partial charge >= 0.3 is 0 Å². The predicted molar refractivity (Wildman–Crippen MR) is 61.7 cm³/mol. The van der Waals surface area contributed by atoms with Gasteiger partial charge in [0.2, 0.25) is 0 Å². The molecule has 0 aliphatic heterocycles. The summed E-state index contributed by atoms with van der Waals surface area (Å²) in [5, 5.41) is 9.71. The van der Waals surface area contributed by atoms with Crippen LogP contribution in [0.25, 0.3) is 0 Å². The minimum Gasteiger partial charge on any atom is -0.496 e. The number of aliphatic hydroxyl groups excluding tert-OH is 1. The van der Waals surface area contributed by atoms with Crippen LogP contribution in [0.5, 0.6) is 5.75 Å². The van der Waals surface area contributed by atoms with Gasteiger partial charge in [0.05, 0.1) is 19.8 Å². The van der Waals surface area contributed by atoms with E-state index in [-0.39, 0.29) is 6.10 Å². The first-order chi connectivity index (χ1) is 7.22. The third-order valence-corrected chi connectivity index (χ3v) is 3.53. The smallest absolute Gasteiger partial charge is 0.133 e. The Hall–Kier alpha value is -0.580. The van der Waals surface area contributed by atoms with Crippen molar-refractivity contribution in [3.05, 3.63) is 15.8 Å². The fraction of sp³-hybridized carbons (Fsp3) is 0.636. The molecule has 15 heavy (non-hydrogen) atoms. The van der Waals surface area contributed by atoms with Crippen LogP contribution in [0.4, 0.5) is 0 Å². The van der Waals surface area contributed by atoms with Gasteiger partial charge in [0.1, 0.15) is 5.75 Å². The van der Waals surface area contributed by atoms with Crippen molar-refractivity contribution in [3.63, 3.8) is 0 Å². The van der Waals surface area contributed by atoms with Crippen molar-refractivity contribution in [1.29, 1.82) is 0 Å². The van der Waals surface area contributed by atoms with Gasteiger partial charge in [-0.25, -0.2) is 0 Å². The highest BCUT2D eigenvalue weighted by Crippen LogP contribution is 2.34. The number of hydrogen-bond acceptors (Lipinski definition) is 4. The van der Waals surface area contributed by atoms with Gasteiger partial charge in [-0.2, -0.15) is 0 Å². The van der Waals surface area contributed by atoms with Gasteiger partial charge in [-0.05, 0) is 12.5 Å². The van der Waals surface area contributed by atoms with Crippen LogP contribution in [-0.2, 0) is 11.2 Å². The summed E-state index contributed by atoms with van der Waals surface area (Å²) in [6, 6.07) is 1.92. The predicted octanol–water partition coefficient (Wildman–Crippen LogP) is 2.39. The third-order valence-electron chi connectivity index (χ3n) is 2.26. The lowest BCUT2D eigenvalue weighted by Crippen LogP contribution is -1.93. The molecule has 86 valence electrons. The SMILES string of the molecule is CCC(O)c1cc(OC)c(CCOC)s1. The van der Waals surface area contributed by atoms with Crippen molar-refractivity contribution in [3.8, 4) is 5.75 Å². The quantitative estimate of drug-likeness (QED) is 0.815. The average Bonchev–Trinajstić information content (AvgIpc) is 2.68. The minimum absolute atomic E-state index is 0.375. The molecular formula is C11H18O3S. The second kappa shape index (κ2) is 6.10. The summed E-state index contributed by atoms with van der Waals surface area (Å²) < 4.78 is 10.3. The van der Waals surface area contributed by atoms with E-state index in [1.807, 2.05) is 13.0 Å². The summed E-state index contributed by atoms with van der Waals surface area (Å²) >= 11 is 1.60. The molecule has 1 unspecified atom stereocenters. The number of thiophene rings is 1. The van der Waals surface area contributed by atoms with E-state index in [0.717, 1.165) is 28.3 Å². The van der Waals surface area contributed by atoms with Crippen LogP contribution in [0.1, 0.15) is 29.2 Å². The van der Waals surface area contributed by atoms with Gasteiger partial charge in [-0.3, -0.25) is 0 Å². The van der Waals surface area contributed by atoms with Crippen molar-refractivity contribution < 1.29 is 14.6 Å². The highest BCUT2D eigenvalue weighted by Gasteiger charge is 2.14. The van der Waals surface area contributed by atoms with Crippen LogP contribution in [0.2, 0.25) is 0 Å². The van der Waals surface area contributed by atoms with Crippen molar-refractivity contribution in [2.24, 2.45) is 0 Å². The van der Waals surface area contributed by atoms with Gasteiger partial charge in [0, 0.05) is 23.3 Å². The molecule has 0 saturated heterocycles. The fourth-order valence-corrected chi connectivity index (χ4v) is 2.52. The van der Waals surface area contributed by atoms with E-state index in [1.54, 1.807) is 25.6 Å². The van der Waals surface area contributed by atoms with Gasteiger partial charge in [-0.1, -0.05) is 6.92 Å². The third kappa shape index (κ3) is 3.19. The molecule has 4 heteroatoms. The Bertz CT molecular complexity index is 296. The topological polar surface area (TPSA) is 38.7 Å².